The third-order valence-electron chi connectivity index (χ3n) is 3.62. The van der Waals surface area contributed by atoms with Crippen LogP contribution in [0.25, 0.3) is 10.8 Å². The van der Waals surface area contributed by atoms with Gasteiger partial charge in [-0.25, -0.2) is 0 Å². The number of halogens is 3. The van der Waals surface area contributed by atoms with E-state index in [2.05, 4.69) is 5.32 Å². The molecule has 0 amide bonds. The molecule has 0 radical (unpaired) electrons. The lowest BCUT2D eigenvalue weighted by atomic mass is 10.0. The number of fused-ring (bicyclic) bond motifs is 1. The minimum atomic E-state index is -4.14. The van der Waals surface area contributed by atoms with Crippen molar-refractivity contribution in [3.8, 4) is 5.75 Å². The molecule has 1 N–H and O–H groups in total. The molecule has 2 aromatic rings. The molecule has 0 heterocycles. The molecule has 0 aliphatic rings. The van der Waals surface area contributed by atoms with Gasteiger partial charge in [-0.15, -0.1) is 0 Å². The van der Waals surface area contributed by atoms with E-state index >= 15 is 0 Å². The van der Waals surface area contributed by atoms with Crippen molar-refractivity contribution in [2.24, 2.45) is 0 Å². The zero-order chi connectivity index (χ0) is 16.2. The summed E-state index contributed by atoms with van der Waals surface area (Å²) in [5.41, 5.74) is 1.02. The molecule has 1 unspecified atom stereocenters. The Morgan fingerprint density at radius 3 is 2.55 bits per heavy atom. The summed E-state index contributed by atoms with van der Waals surface area (Å²) in [6.07, 6.45) is -4.34. The van der Waals surface area contributed by atoms with Crippen molar-refractivity contribution in [2.75, 3.05) is 13.7 Å². The normalized spacial score (nSPS) is 13.3. The highest BCUT2D eigenvalue weighted by atomic mass is 19.4. The van der Waals surface area contributed by atoms with E-state index in [1.54, 1.807) is 14.0 Å². The first kappa shape index (κ1) is 16.6. The fourth-order valence-corrected chi connectivity index (χ4v) is 2.63. The first-order valence-electron chi connectivity index (χ1n) is 7.25. The van der Waals surface area contributed by atoms with Crippen LogP contribution in [0.2, 0.25) is 0 Å². The Labute approximate surface area is 128 Å². The van der Waals surface area contributed by atoms with Crippen molar-refractivity contribution in [1.82, 2.24) is 5.32 Å². The summed E-state index contributed by atoms with van der Waals surface area (Å²) >= 11 is 0. The fourth-order valence-electron chi connectivity index (χ4n) is 2.63. The van der Waals surface area contributed by atoms with Gasteiger partial charge in [0.25, 0.3) is 0 Å². The summed E-state index contributed by atoms with van der Waals surface area (Å²) in [5, 5.41) is 5.10. The number of rotatable bonds is 6. The van der Waals surface area contributed by atoms with Crippen LogP contribution in [0.3, 0.4) is 0 Å². The van der Waals surface area contributed by atoms with E-state index in [1.165, 1.54) is 0 Å². The second-order valence-electron chi connectivity index (χ2n) is 5.39. The van der Waals surface area contributed by atoms with Gasteiger partial charge >= 0.3 is 6.18 Å². The number of hydrogen-bond acceptors (Lipinski definition) is 2. The minimum absolute atomic E-state index is 0.474. The number of hydrogen-bond donors (Lipinski definition) is 1. The topological polar surface area (TPSA) is 21.3 Å². The summed E-state index contributed by atoms with van der Waals surface area (Å²) < 4.78 is 42.4. The highest BCUT2D eigenvalue weighted by molar-refractivity contribution is 5.87. The third-order valence-corrected chi connectivity index (χ3v) is 3.62. The van der Waals surface area contributed by atoms with Gasteiger partial charge in [-0.2, -0.15) is 13.2 Å². The van der Waals surface area contributed by atoms with Crippen LogP contribution < -0.4 is 10.1 Å². The maximum atomic E-state index is 12.3. The standard InChI is InChI=1S/C17H20F3NO/c1-12(11-17(18,19)20)21-10-9-15-14-6-4-3-5-13(14)7-8-16(15)22-2/h3-8,12,21H,9-11H2,1-2H3. The molecule has 0 aromatic heterocycles. The van der Waals surface area contributed by atoms with Gasteiger partial charge in [-0.3, -0.25) is 0 Å². The highest BCUT2D eigenvalue weighted by Crippen LogP contribution is 2.28. The van der Waals surface area contributed by atoms with Gasteiger partial charge in [0.1, 0.15) is 5.75 Å². The van der Waals surface area contributed by atoms with Crippen molar-refractivity contribution in [3.05, 3.63) is 42.0 Å². The molecule has 5 heteroatoms. The average molecular weight is 311 g/mol. The second-order valence-corrected chi connectivity index (χ2v) is 5.39. The predicted molar refractivity (Wildman–Crippen MR) is 82.3 cm³/mol. The molecule has 1 atom stereocenters. The number of ether oxygens (including phenoxy) is 1. The molecule has 2 aromatic carbocycles. The van der Waals surface area contributed by atoms with Gasteiger partial charge in [0.15, 0.2) is 0 Å². The van der Waals surface area contributed by atoms with Crippen LogP contribution in [0.5, 0.6) is 5.75 Å². The summed E-state index contributed by atoms with van der Waals surface area (Å²) in [4.78, 5) is 0. The molecule has 2 nitrogen and oxygen atoms in total. The van der Waals surface area contributed by atoms with Gasteiger partial charge < -0.3 is 10.1 Å². The maximum absolute atomic E-state index is 12.3. The Morgan fingerprint density at radius 1 is 1.14 bits per heavy atom. The molecule has 0 bridgehead atoms. The minimum Gasteiger partial charge on any atom is -0.496 e. The molecule has 0 aliphatic heterocycles. The average Bonchev–Trinajstić information content (AvgIpc) is 2.45. The third kappa shape index (κ3) is 4.37. The highest BCUT2D eigenvalue weighted by Gasteiger charge is 2.29. The molecule has 0 saturated heterocycles. The zero-order valence-corrected chi connectivity index (χ0v) is 12.7. The monoisotopic (exact) mass is 311 g/mol. The van der Waals surface area contributed by atoms with Crippen LogP contribution in [-0.4, -0.2) is 25.9 Å². The molecule has 0 saturated carbocycles. The van der Waals surface area contributed by atoms with Crippen LogP contribution >= 0.6 is 0 Å². The quantitative estimate of drug-likeness (QED) is 0.858. The first-order valence-corrected chi connectivity index (χ1v) is 7.25. The summed E-state index contributed by atoms with van der Waals surface area (Å²) in [6, 6.07) is 11.2. The number of nitrogens with one attached hydrogen (secondary N) is 1. The smallest absolute Gasteiger partial charge is 0.390 e. The van der Waals surface area contributed by atoms with Crippen molar-refractivity contribution >= 4 is 10.8 Å². The zero-order valence-electron chi connectivity index (χ0n) is 12.7. The lowest BCUT2D eigenvalue weighted by Crippen LogP contribution is -2.32. The van der Waals surface area contributed by atoms with E-state index < -0.39 is 18.6 Å². The van der Waals surface area contributed by atoms with E-state index in [1.807, 2.05) is 36.4 Å². The van der Waals surface area contributed by atoms with Crippen LogP contribution in [0.15, 0.2) is 36.4 Å². The molecule has 22 heavy (non-hydrogen) atoms. The van der Waals surface area contributed by atoms with Gasteiger partial charge in [0.05, 0.1) is 13.5 Å². The van der Waals surface area contributed by atoms with Crippen molar-refractivity contribution in [3.63, 3.8) is 0 Å². The molecule has 2 rings (SSSR count). The van der Waals surface area contributed by atoms with Crippen LogP contribution in [0, 0.1) is 0 Å². The van der Waals surface area contributed by atoms with Gasteiger partial charge in [0.2, 0.25) is 0 Å². The summed E-state index contributed by atoms with van der Waals surface area (Å²) in [6.45, 7) is 2.02. The lowest BCUT2D eigenvalue weighted by molar-refractivity contribution is -0.138. The van der Waals surface area contributed by atoms with E-state index in [4.69, 9.17) is 4.74 Å². The number of alkyl halides is 3. The second kappa shape index (κ2) is 7.01. The Bertz CT molecular complexity index is 625. The molecule has 0 aliphatic carbocycles. The molecule has 0 spiro atoms. The maximum Gasteiger partial charge on any atom is 0.390 e. The van der Waals surface area contributed by atoms with Gasteiger partial charge in [-0.05, 0) is 36.7 Å². The number of benzene rings is 2. The van der Waals surface area contributed by atoms with Crippen molar-refractivity contribution in [2.45, 2.75) is 32.0 Å². The van der Waals surface area contributed by atoms with E-state index in [-0.39, 0.29) is 0 Å². The van der Waals surface area contributed by atoms with Crippen molar-refractivity contribution < 1.29 is 17.9 Å². The Kier molecular flexibility index (Phi) is 5.29. The molecular formula is C17H20F3NO. The lowest BCUT2D eigenvalue weighted by Gasteiger charge is -2.17. The largest absolute Gasteiger partial charge is 0.496 e. The Hall–Kier alpha value is -1.75. The number of methoxy groups -OCH3 is 1. The van der Waals surface area contributed by atoms with Crippen LogP contribution in [0.4, 0.5) is 13.2 Å². The van der Waals surface area contributed by atoms with E-state index in [0.29, 0.717) is 13.0 Å². The van der Waals surface area contributed by atoms with Crippen LogP contribution in [0.1, 0.15) is 18.9 Å². The van der Waals surface area contributed by atoms with Crippen LogP contribution in [-0.2, 0) is 6.42 Å². The summed E-state index contributed by atoms with van der Waals surface area (Å²) in [7, 11) is 1.60. The SMILES string of the molecule is COc1ccc2ccccc2c1CCNC(C)CC(F)(F)F. The Morgan fingerprint density at radius 2 is 1.86 bits per heavy atom. The van der Waals surface area contributed by atoms with Gasteiger partial charge in [0, 0.05) is 11.6 Å². The van der Waals surface area contributed by atoms with Gasteiger partial charge in [-0.1, -0.05) is 30.3 Å². The molecule has 120 valence electrons. The van der Waals surface area contributed by atoms with Crippen molar-refractivity contribution in [1.29, 1.82) is 0 Å². The molecule has 0 fully saturated rings. The van der Waals surface area contributed by atoms with E-state index in [9.17, 15) is 13.2 Å². The first-order chi connectivity index (χ1) is 10.4. The Balaban J connectivity index is 2.07. The van der Waals surface area contributed by atoms with E-state index in [0.717, 1.165) is 22.1 Å². The predicted octanol–water partition coefficient (Wildman–Crippen LogP) is 4.32. The fraction of sp³-hybridized carbons (Fsp3) is 0.412. The summed E-state index contributed by atoms with van der Waals surface area (Å²) in [5.74, 6) is 0.768. The molecular weight excluding hydrogens is 291 g/mol.